The Morgan fingerprint density at radius 3 is 2.58 bits per heavy atom. The van der Waals surface area contributed by atoms with Crippen LogP contribution < -0.4 is 0 Å². The second-order valence-electron chi connectivity index (χ2n) is 5.12. The van der Waals surface area contributed by atoms with Crippen LogP contribution in [0.25, 0.3) is 11.4 Å². The molecule has 1 aliphatic heterocycles. The smallest absolute Gasteiger partial charge is 0.212 e. The Bertz CT molecular complexity index is 953. The first-order valence-corrected chi connectivity index (χ1v) is 8.77. The van der Waals surface area contributed by atoms with Gasteiger partial charge in [0.15, 0.2) is 5.82 Å². The van der Waals surface area contributed by atoms with Gasteiger partial charge in [0.05, 0.1) is 10.7 Å². The zero-order valence-electron chi connectivity index (χ0n) is 12.1. The van der Waals surface area contributed by atoms with E-state index < -0.39 is 0 Å². The van der Waals surface area contributed by atoms with E-state index in [2.05, 4.69) is 15.3 Å². The second-order valence-corrected chi connectivity index (χ2v) is 6.91. The van der Waals surface area contributed by atoms with Crippen LogP contribution in [0.15, 0.2) is 52.7 Å². The lowest BCUT2D eigenvalue weighted by Crippen LogP contribution is -2.14. The average molecular weight is 377 g/mol. The van der Waals surface area contributed by atoms with Crippen molar-refractivity contribution in [1.82, 2.24) is 14.9 Å². The van der Waals surface area contributed by atoms with Gasteiger partial charge in [-0.2, -0.15) is 9.78 Å². The summed E-state index contributed by atoms with van der Waals surface area (Å²) in [6, 6.07) is 12.1. The van der Waals surface area contributed by atoms with Gasteiger partial charge in [0, 0.05) is 21.9 Å². The number of phenols is 1. The fourth-order valence-corrected chi connectivity index (χ4v) is 3.72. The van der Waals surface area contributed by atoms with E-state index in [1.165, 1.54) is 0 Å². The lowest BCUT2D eigenvalue weighted by atomic mass is 10.1. The number of fused-ring (bicyclic) bond motifs is 1. The van der Waals surface area contributed by atoms with Crippen LogP contribution in [0.3, 0.4) is 0 Å². The van der Waals surface area contributed by atoms with Gasteiger partial charge < -0.3 is 5.11 Å². The standard InChI is InChI=1S/C16H10Cl2N4OS/c17-10-3-6-12(13(18)7-10)14-8-24-16-20-19-15(22(16)21-14)9-1-4-11(23)5-2-9/h1-7,23H,8H2. The molecule has 0 aliphatic carbocycles. The maximum Gasteiger partial charge on any atom is 0.212 e. The van der Waals surface area contributed by atoms with E-state index >= 15 is 0 Å². The first-order valence-electron chi connectivity index (χ1n) is 7.03. The Balaban J connectivity index is 1.80. The first-order chi connectivity index (χ1) is 11.6. The van der Waals surface area contributed by atoms with E-state index in [0.717, 1.165) is 16.8 Å². The topological polar surface area (TPSA) is 63.3 Å². The van der Waals surface area contributed by atoms with Gasteiger partial charge in [-0.15, -0.1) is 10.2 Å². The molecule has 0 bridgehead atoms. The molecule has 0 fully saturated rings. The monoisotopic (exact) mass is 376 g/mol. The van der Waals surface area contributed by atoms with E-state index in [1.807, 2.05) is 6.07 Å². The summed E-state index contributed by atoms with van der Waals surface area (Å²) in [5.74, 6) is 1.46. The summed E-state index contributed by atoms with van der Waals surface area (Å²) in [5, 5.41) is 24.3. The van der Waals surface area contributed by atoms with Crippen LogP contribution in [0.1, 0.15) is 5.56 Å². The maximum absolute atomic E-state index is 9.44. The summed E-state index contributed by atoms with van der Waals surface area (Å²) < 4.78 is 1.70. The third-order valence-corrected chi connectivity index (χ3v) is 5.02. The molecule has 1 N–H and O–H groups in total. The quantitative estimate of drug-likeness (QED) is 0.723. The zero-order chi connectivity index (χ0) is 16.7. The molecule has 2 aromatic carbocycles. The van der Waals surface area contributed by atoms with Crippen molar-refractivity contribution in [3.63, 3.8) is 0 Å². The lowest BCUT2D eigenvalue weighted by molar-refractivity contribution is 0.475. The molecule has 0 radical (unpaired) electrons. The number of thioether (sulfide) groups is 1. The molecule has 0 spiro atoms. The summed E-state index contributed by atoms with van der Waals surface area (Å²) in [4.78, 5) is 0. The summed E-state index contributed by atoms with van der Waals surface area (Å²) in [5.41, 5.74) is 2.48. The lowest BCUT2D eigenvalue weighted by Gasteiger charge is -2.15. The number of halogens is 2. The molecule has 3 aromatic rings. The van der Waals surface area contributed by atoms with Crippen LogP contribution in [0.4, 0.5) is 0 Å². The number of aromatic hydroxyl groups is 1. The molecule has 0 amide bonds. The van der Waals surface area contributed by atoms with Gasteiger partial charge in [-0.3, -0.25) is 0 Å². The predicted molar refractivity (Wildman–Crippen MR) is 96.2 cm³/mol. The fraction of sp³-hybridized carbons (Fsp3) is 0.0625. The number of hydrogen-bond acceptors (Lipinski definition) is 5. The molecule has 8 heteroatoms. The number of rotatable bonds is 2. The van der Waals surface area contributed by atoms with E-state index in [9.17, 15) is 5.11 Å². The van der Waals surface area contributed by atoms with E-state index in [0.29, 0.717) is 26.8 Å². The zero-order valence-corrected chi connectivity index (χ0v) is 14.5. The molecular weight excluding hydrogens is 367 g/mol. The highest BCUT2D eigenvalue weighted by atomic mass is 35.5. The first kappa shape index (κ1) is 15.5. The number of phenolic OH excluding ortho intramolecular Hbond substituents is 1. The molecule has 4 rings (SSSR count). The largest absolute Gasteiger partial charge is 0.508 e. The normalized spacial score (nSPS) is 13.5. The van der Waals surface area contributed by atoms with Crippen molar-refractivity contribution in [2.24, 2.45) is 5.10 Å². The summed E-state index contributed by atoms with van der Waals surface area (Å²) >= 11 is 13.8. The van der Waals surface area contributed by atoms with E-state index in [-0.39, 0.29) is 5.75 Å². The van der Waals surface area contributed by atoms with Crippen molar-refractivity contribution in [3.05, 3.63) is 58.1 Å². The molecule has 24 heavy (non-hydrogen) atoms. The maximum atomic E-state index is 9.44. The van der Waals surface area contributed by atoms with Gasteiger partial charge in [0.1, 0.15) is 5.75 Å². The molecule has 120 valence electrons. The Morgan fingerprint density at radius 2 is 1.83 bits per heavy atom. The second kappa shape index (κ2) is 6.12. The van der Waals surface area contributed by atoms with E-state index in [4.69, 9.17) is 23.2 Å². The molecule has 5 nitrogen and oxygen atoms in total. The molecule has 0 saturated carbocycles. The van der Waals surface area contributed by atoms with Crippen molar-refractivity contribution in [1.29, 1.82) is 0 Å². The molecule has 2 heterocycles. The van der Waals surface area contributed by atoms with Gasteiger partial charge in [0.25, 0.3) is 0 Å². The minimum atomic E-state index is 0.198. The van der Waals surface area contributed by atoms with Crippen LogP contribution in [-0.4, -0.2) is 31.4 Å². The Hall–Kier alpha value is -2.02. The summed E-state index contributed by atoms with van der Waals surface area (Å²) in [6.07, 6.45) is 0. The minimum Gasteiger partial charge on any atom is -0.508 e. The Labute approximate surface area is 151 Å². The van der Waals surface area contributed by atoms with Crippen LogP contribution >= 0.6 is 35.0 Å². The number of nitrogens with zero attached hydrogens (tertiary/aromatic N) is 4. The van der Waals surface area contributed by atoms with Crippen LogP contribution in [-0.2, 0) is 0 Å². The number of aromatic nitrogens is 3. The van der Waals surface area contributed by atoms with Gasteiger partial charge in [-0.1, -0.05) is 41.0 Å². The molecule has 0 atom stereocenters. The molecule has 1 aliphatic rings. The van der Waals surface area contributed by atoms with Crippen molar-refractivity contribution < 1.29 is 5.11 Å². The summed E-state index contributed by atoms with van der Waals surface area (Å²) in [7, 11) is 0. The van der Waals surface area contributed by atoms with Gasteiger partial charge in [-0.05, 0) is 36.4 Å². The van der Waals surface area contributed by atoms with Gasteiger partial charge >= 0.3 is 0 Å². The summed E-state index contributed by atoms with van der Waals surface area (Å²) in [6.45, 7) is 0. The molecule has 0 saturated heterocycles. The van der Waals surface area contributed by atoms with Crippen molar-refractivity contribution in [3.8, 4) is 17.1 Å². The SMILES string of the molecule is Oc1ccc(-c2nnc3n2N=C(c2ccc(Cl)cc2Cl)CS3)cc1. The number of hydrogen-bond donors (Lipinski definition) is 1. The fourth-order valence-electron chi connectivity index (χ4n) is 2.37. The molecule has 1 aromatic heterocycles. The predicted octanol–water partition coefficient (Wildman–Crippen LogP) is 4.32. The van der Waals surface area contributed by atoms with Crippen LogP contribution in [0.5, 0.6) is 5.75 Å². The molecule has 0 unspecified atom stereocenters. The minimum absolute atomic E-state index is 0.198. The highest BCUT2D eigenvalue weighted by Gasteiger charge is 2.21. The van der Waals surface area contributed by atoms with Crippen molar-refractivity contribution >= 4 is 40.7 Å². The average Bonchev–Trinajstić information content (AvgIpc) is 2.99. The van der Waals surface area contributed by atoms with Crippen LogP contribution in [0, 0.1) is 0 Å². The van der Waals surface area contributed by atoms with Gasteiger partial charge in [0.2, 0.25) is 5.16 Å². The third-order valence-electron chi connectivity index (χ3n) is 3.54. The van der Waals surface area contributed by atoms with Crippen molar-refractivity contribution in [2.45, 2.75) is 5.16 Å². The Morgan fingerprint density at radius 1 is 1.04 bits per heavy atom. The Kier molecular flexibility index (Phi) is 3.96. The molecular formula is C16H10Cl2N4OS. The third kappa shape index (κ3) is 2.77. The van der Waals surface area contributed by atoms with Crippen molar-refractivity contribution in [2.75, 3.05) is 5.75 Å². The van der Waals surface area contributed by atoms with E-state index in [1.54, 1.807) is 52.8 Å². The number of benzene rings is 2. The highest BCUT2D eigenvalue weighted by molar-refractivity contribution is 7.99. The van der Waals surface area contributed by atoms with Crippen LogP contribution in [0.2, 0.25) is 10.0 Å². The highest BCUT2D eigenvalue weighted by Crippen LogP contribution is 2.31. The van der Waals surface area contributed by atoms with Gasteiger partial charge in [-0.25, -0.2) is 0 Å².